The average molecular weight is 299 g/mol. The van der Waals surface area contributed by atoms with Gasteiger partial charge in [0.25, 0.3) is 0 Å². The van der Waals surface area contributed by atoms with E-state index in [1.807, 2.05) is 0 Å². The van der Waals surface area contributed by atoms with Crippen LogP contribution in [0.2, 0.25) is 0 Å². The smallest absolute Gasteiger partial charge is 0.0790 e. The molecule has 112 valence electrons. The van der Waals surface area contributed by atoms with Crippen molar-refractivity contribution in [3.05, 3.63) is 35.9 Å². The highest BCUT2D eigenvalue weighted by Crippen LogP contribution is 2.77. The van der Waals surface area contributed by atoms with Crippen LogP contribution in [-0.4, -0.2) is 4.99 Å². The summed E-state index contributed by atoms with van der Waals surface area (Å²) in [6.45, 7) is 0. The van der Waals surface area contributed by atoms with Gasteiger partial charge in [-0.15, -0.1) is 0 Å². The third-order valence-corrected chi connectivity index (χ3v) is 8.02. The zero-order valence-electron chi connectivity index (χ0n) is 12.5. The van der Waals surface area contributed by atoms with Gasteiger partial charge in [-0.2, -0.15) is 0 Å². The van der Waals surface area contributed by atoms with Crippen LogP contribution in [0.5, 0.6) is 0 Å². The van der Waals surface area contributed by atoms with Gasteiger partial charge in [0.1, 0.15) is 0 Å². The molecule has 1 aromatic carbocycles. The second-order valence-corrected chi connectivity index (χ2v) is 8.85. The summed E-state index contributed by atoms with van der Waals surface area (Å²) in [5, 5.41) is 0. The van der Waals surface area contributed by atoms with Crippen LogP contribution in [-0.2, 0) is 5.41 Å². The fourth-order valence-electron chi connectivity index (χ4n) is 6.66. The van der Waals surface area contributed by atoms with E-state index in [2.05, 4.69) is 30.3 Å². The maximum atomic E-state index is 6.27. The molecule has 0 amide bonds. The summed E-state index contributed by atoms with van der Waals surface area (Å²) >= 11 is 5.56. The fourth-order valence-corrected chi connectivity index (χ4v) is 6.90. The highest BCUT2D eigenvalue weighted by molar-refractivity contribution is 7.80. The molecule has 5 fully saturated rings. The van der Waals surface area contributed by atoms with E-state index in [1.54, 1.807) is 5.56 Å². The van der Waals surface area contributed by atoms with Crippen LogP contribution in [0.1, 0.15) is 51.9 Å². The molecule has 21 heavy (non-hydrogen) atoms. The van der Waals surface area contributed by atoms with Crippen molar-refractivity contribution in [1.82, 2.24) is 0 Å². The summed E-state index contributed by atoms with van der Waals surface area (Å²) in [6.07, 6.45) is 9.50. The van der Waals surface area contributed by atoms with Gasteiger partial charge in [-0.25, -0.2) is 0 Å². The quantitative estimate of drug-likeness (QED) is 0.817. The van der Waals surface area contributed by atoms with Gasteiger partial charge in [0.05, 0.1) is 4.99 Å². The van der Waals surface area contributed by atoms with E-state index in [0.717, 1.165) is 16.8 Å². The van der Waals surface area contributed by atoms with E-state index in [1.165, 1.54) is 44.9 Å². The third kappa shape index (κ3) is 1.45. The van der Waals surface area contributed by atoms with Gasteiger partial charge in [0.15, 0.2) is 0 Å². The molecule has 0 saturated heterocycles. The Morgan fingerprint density at radius 2 is 1.67 bits per heavy atom. The van der Waals surface area contributed by atoms with Gasteiger partial charge in [0.2, 0.25) is 0 Å². The summed E-state index contributed by atoms with van der Waals surface area (Å²) in [5.74, 6) is 1.75. The Morgan fingerprint density at radius 1 is 1.05 bits per heavy atom. The molecule has 1 nitrogen and oxygen atoms in total. The largest absolute Gasteiger partial charge is 0.393 e. The lowest BCUT2D eigenvalue weighted by molar-refractivity contribution is -0.0938. The zero-order valence-corrected chi connectivity index (χ0v) is 13.3. The van der Waals surface area contributed by atoms with Crippen molar-refractivity contribution < 1.29 is 1.43 Å². The van der Waals surface area contributed by atoms with E-state index in [-0.39, 0.29) is 6.84 Å². The second-order valence-electron chi connectivity index (χ2n) is 8.41. The van der Waals surface area contributed by atoms with Crippen molar-refractivity contribution in [1.29, 1.82) is 0 Å². The van der Waals surface area contributed by atoms with Gasteiger partial charge in [-0.3, -0.25) is 0 Å². The molecule has 2 N–H and O–H groups in total. The molecule has 5 aliphatic carbocycles. The molecule has 1 spiro atoms. The van der Waals surface area contributed by atoms with Crippen molar-refractivity contribution in [2.24, 2.45) is 28.4 Å². The van der Waals surface area contributed by atoms with Gasteiger partial charge in [0, 0.05) is 6.84 Å². The lowest BCUT2D eigenvalue weighted by Gasteiger charge is -2.65. The van der Waals surface area contributed by atoms with Crippen LogP contribution in [0.3, 0.4) is 0 Å². The van der Waals surface area contributed by atoms with E-state index < -0.39 is 0 Å². The SMILES string of the molecule is NC(=S)C12CC3CC(c4ccccc4)(CC(C1)C31CC1)C2.[HH]. The standard InChI is InChI=1S/C19H23NS.H2/c20-16(21)18-10-14-8-17(12-18,13-4-2-1-3-5-13)9-15(11-18)19(14)6-7-19;/h1-5,14-15H,6-12H2,(H2,20,21);1H. The molecule has 2 atom stereocenters. The molecule has 0 aromatic heterocycles. The Kier molecular flexibility index (Phi) is 2.23. The highest BCUT2D eigenvalue weighted by atomic mass is 32.1. The minimum atomic E-state index is 0. The lowest BCUT2D eigenvalue weighted by Crippen LogP contribution is -2.61. The normalized spacial score (nSPS) is 45.0. The first-order valence-corrected chi connectivity index (χ1v) is 8.85. The number of nitrogens with two attached hydrogens (primary N) is 1. The van der Waals surface area contributed by atoms with Crippen LogP contribution in [0.15, 0.2) is 30.3 Å². The minimum Gasteiger partial charge on any atom is -0.393 e. The number of hydrogen-bond donors (Lipinski definition) is 1. The van der Waals surface area contributed by atoms with Crippen molar-refractivity contribution in [3.8, 4) is 0 Å². The Morgan fingerprint density at radius 3 is 2.19 bits per heavy atom. The number of benzene rings is 1. The molecule has 5 saturated carbocycles. The molecule has 2 unspecified atom stereocenters. The maximum Gasteiger partial charge on any atom is 0.0790 e. The predicted molar refractivity (Wildman–Crippen MR) is 91.2 cm³/mol. The zero-order chi connectivity index (χ0) is 14.3. The molecule has 5 aliphatic rings. The summed E-state index contributed by atoms with van der Waals surface area (Å²) in [6, 6.07) is 11.2. The molecular weight excluding hydrogens is 274 g/mol. The van der Waals surface area contributed by atoms with Crippen molar-refractivity contribution in [3.63, 3.8) is 0 Å². The Hall–Kier alpha value is -0.890. The van der Waals surface area contributed by atoms with Crippen LogP contribution in [0.4, 0.5) is 0 Å². The van der Waals surface area contributed by atoms with Crippen molar-refractivity contribution in [2.75, 3.05) is 0 Å². The highest BCUT2D eigenvalue weighted by Gasteiger charge is 2.70. The van der Waals surface area contributed by atoms with E-state index in [0.29, 0.717) is 10.8 Å². The molecule has 0 aliphatic heterocycles. The van der Waals surface area contributed by atoms with E-state index in [9.17, 15) is 0 Å². The molecular formula is C19H25NS. The van der Waals surface area contributed by atoms with Crippen molar-refractivity contribution in [2.45, 2.75) is 50.4 Å². The molecule has 6 rings (SSSR count). The molecule has 0 radical (unpaired) electrons. The first-order valence-electron chi connectivity index (χ1n) is 8.44. The van der Waals surface area contributed by atoms with Gasteiger partial charge in [-0.1, -0.05) is 42.5 Å². The molecule has 0 heterocycles. The molecule has 2 heteroatoms. The number of thiocarbonyl (C=S) groups is 1. The topological polar surface area (TPSA) is 26.0 Å². The minimum absolute atomic E-state index is 0. The third-order valence-electron chi connectivity index (χ3n) is 7.59. The molecule has 1 aromatic rings. The lowest BCUT2D eigenvalue weighted by atomic mass is 9.39. The van der Waals surface area contributed by atoms with Crippen molar-refractivity contribution >= 4 is 17.2 Å². The monoisotopic (exact) mass is 299 g/mol. The Labute approximate surface area is 133 Å². The second kappa shape index (κ2) is 3.71. The first kappa shape index (κ1) is 12.6. The maximum absolute atomic E-state index is 6.27. The summed E-state index contributed by atoms with van der Waals surface area (Å²) in [7, 11) is 0. The number of hydrogen-bond acceptors (Lipinski definition) is 1. The van der Waals surface area contributed by atoms with Crippen LogP contribution >= 0.6 is 12.2 Å². The summed E-state index contributed by atoms with van der Waals surface area (Å²) in [5.41, 5.74) is 9.06. The number of rotatable bonds is 2. The van der Waals surface area contributed by atoms with Crippen LogP contribution < -0.4 is 5.73 Å². The average Bonchev–Trinajstić information content (AvgIpc) is 3.27. The Balaban J connectivity index is 0.00000125. The van der Waals surface area contributed by atoms with Gasteiger partial charge < -0.3 is 5.73 Å². The van der Waals surface area contributed by atoms with Crippen LogP contribution in [0, 0.1) is 22.7 Å². The van der Waals surface area contributed by atoms with E-state index >= 15 is 0 Å². The first-order chi connectivity index (χ1) is 10.1. The Bertz CT molecular complexity index is 604. The fraction of sp³-hybridized carbons (Fsp3) is 0.632. The van der Waals surface area contributed by atoms with Crippen LogP contribution in [0.25, 0.3) is 0 Å². The molecule has 4 bridgehead atoms. The van der Waals surface area contributed by atoms with Gasteiger partial charge >= 0.3 is 0 Å². The summed E-state index contributed by atoms with van der Waals surface area (Å²) < 4.78 is 0. The van der Waals surface area contributed by atoms with Gasteiger partial charge in [-0.05, 0) is 73.2 Å². The predicted octanol–water partition coefficient (Wildman–Crippen LogP) is 4.45. The van der Waals surface area contributed by atoms with E-state index in [4.69, 9.17) is 18.0 Å². The summed E-state index contributed by atoms with van der Waals surface area (Å²) in [4.78, 5) is 0.813.